The van der Waals surface area contributed by atoms with E-state index >= 15 is 0 Å². The second-order valence-corrected chi connectivity index (χ2v) is 7.19. The first kappa shape index (κ1) is 18.9. The fraction of sp³-hybridized carbons (Fsp3) is 0.632. The predicted molar refractivity (Wildman–Crippen MR) is 115 cm³/mol. The first-order chi connectivity index (χ1) is 11.9. The third kappa shape index (κ3) is 4.86. The van der Waals surface area contributed by atoms with Gasteiger partial charge >= 0.3 is 0 Å². The molecule has 0 aliphatic carbocycles. The van der Waals surface area contributed by atoms with Crippen LogP contribution in [0.3, 0.4) is 0 Å². The van der Waals surface area contributed by atoms with Gasteiger partial charge in [0.25, 0.3) is 0 Å². The number of para-hydroxylation sites is 1. The Morgan fingerprint density at radius 1 is 0.960 bits per heavy atom. The monoisotopic (exact) mass is 455 g/mol. The lowest BCUT2D eigenvalue weighted by Gasteiger charge is -2.47. The van der Waals surface area contributed by atoms with E-state index in [-0.39, 0.29) is 24.0 Å². The van der Waals surface area contributed by atoms with Crippen LogP contribution >= 0.6 is 24.0 Å². The molecule has 1 unspecified atom stereocenters. The fourth-order valence-corrected chi connectivity index (χ4v) is 4.06. The van der Waals surface area contributed by atoms with Gasteiger partial charge < -0.3 is 10.2 Å². The molecule has 4 saturated heterocycles. The number of likely N-dealkylation sites (tertiary alicyclic amines) is 1. The molecule has 25 heavy (non-hydrogen) atoms. The van der Waals surface area contributed by atoms with Gasteiger partial charge in [-0.25, -0.2) is 0 Å². The Hall–Kier alpha value is -0.860. The summed E-state index contributed by atoms with van der Waals surface area (Å²) in [6.07, 6.45) is 3.90. The molecule has 5 rings (SSSR count). The second kappa shape index (κ2) is 9.19. The van der Waals surface area contributed by atoms with E-state index in [2.05, 4.69) is 50.3 Å². The van der Waals surface area contributed by atoms with Crippen molar-refractivity contribution in [1.29, 1.82) is 0 Å². The Kier molecular flexibility index (Phi) is 6.95. The van der Waals surface area contributed by atoms with E-state index in [0.717, 1.165) is 31.3 Å². The topological polar surface area (TPSA) is 34.1 Å². The molecule has 0 saturated carbocycles. The van der Waals surface area contributed by atoms with Crippen LogP contribution in [-0.4, -0.2) is 79.1 Å². The van der Waals surface area contributed by atoms with E-state index in [0.29, 0.717) is 6.04 Å². The van der Waals surface area contributed by atoms with Crippen LogP contribution in [0.4, 0.5) is 5.69 Å². The van der Waals surface area contributed by atoms with Crippen LogP contribution in [0.5, 0.6) is 0 Å². The molecule has 138 valence electrons. The van der Waals surface area contributed by atoms with Crippen LogP contribution < -0.4 is 5.32 Å². The first-order valence-corrected chi connectivity index (χ1v) is 9.46. The molecule has 0 amide bonds. The maximum atomic E-state index is 5.05. The number of piperidine rings is 1. The number of nitrogens with one attached hydrogen (secondary N) is 1. The van der Waals surface area contributed by atoms with Crippen molar-refractivity contribution in [1.82, 2.24) is 14.7 Å². The molecule has 4 fully saturated rings. The second-order valence-electron chi connectivity index (χ2n) is 7.19. The number of halogens is 1. The van der Waals surface area contributed by atoms with Crippen molar-refractivity contribution in [2.24, 2.45) is 4.99 Å². The molecule has 0 spiro atoms. The molecule has 4 aliphatic heterocycles. The summed E-state index contributed by atoms with van der Waals surface area (Å²) in [5.74, 6) is 1.07. The summed E-state index contributed by atoms with van der Waals surface area (Å²) in [5, 5.41) is 3.58. The van der Waals surface area contributed by atoms with E-state index in [1.54, 1.807) is 0 Å². The molecule has 2 bridgehead atoms. The maximum Gasteiger partial charge on any atom is 0.198 e. The van der Waals surface area contributed by atoms with Gasteiger partial charge in [0.2, 0.25) is 0 Å². The number of rotatable bonds is 3. The largest absolute Gasteiger partial charge is 0.343 e. The molecule has 1 atom stereocenters. The SMILES string of the molecule is I.c1ccc(NC(=NCC2CN3CCN2CC3)N2CCCCC2)cc1. The number of aliphatic imine (C=N–C) groups is 1. The number of benzene rings is 1. The van der Waals surface area contributed by atoms with Crippen molar-refractivity contribution in [3.05, 3.63) is 30.3 Å². The fourth-order valence-electron chi connectivity index (χ4n) is 4.06. The number of anilines is 1. The average Bonchev–Trinajstić information content (AvgIpc) is 2.67. The lowest BCUT2D eigenvalue weighted by atomic mass is 10.1. The number of nitrogens with zero attached hydrogens (tertiary/aromatic N) is 4. The van der Waals surface area contributed by atoms with Crippen molar-refractivity contribution in [3.63, 3.8) is 0 Å². The molecule has 4 aliphatic rings. The van der Waals surface area contributed by atoms with Crippen molar-refractivity contribution < 1.29 is 0 Å². The minimum atomic E-state index is 0. The van der Waals surface area contributed by atoms with Gasteiger partial charge in [-0.3, -0.25) is 14.8 Å². The minimum Gasteiger partial charge on any atom is -0.343 e. The Balaban J connectivity index is 0.00000182. The Morgan fingerprint density at radius 2 is 1.68 bits per heavy atom. The summed E-state index contributed by atoms with van der Waals surface area (Å²) >= 11 is 0. The van der Waals surface area contributed by atoms with Gasteiger partial charge in [0, 0.05) is 57.5 Å². The third-order valence-electron chi connectivity index (χ3n) is 5.53. The highest BCUT2D eigenvalue weighted by Gasteiger charge is 2.31. The smallest absolute Gasteiger partial charge is 0.198 e. The van der Waals surface area contributed by atoms with Crippen LogP contribution in [0.2, 0.25) is 0 Å². The predicted octanol–water partition coefficient (Wildman–Crippen LogP) is 2.56. The third-order valence-corrected chi connectivity index (χ3v) is 5.53. The number of piperazine rings is 3. The zero-order valence-corrected chi connectivity index (χ0v) is 17.3. The Bertz CT molecular complexity index is 550. The lowest BCUT2D eigenvalue weighted by Crippen LogP contribution is -2.61. The van der Waals surface area contributed by atoms with Crippen molar-refractivity contribution in [3.8, 4) is 0 Å². The molecule has 4 heterocycles. The Morgan fingerprint density at radius 3 is 2.32 bits per heavy atom. The van der Waals surface area contributed by atoms with E-state index in [9.17, 15) is 0 Å². The van der Waals surface area contributed by atoms with Gasteiger partial charge in [-0.2, -0.15) is 0 Å². The molecule has 5 nitrogen and oxygen atoms in total. The molecular formula is C19H30IN5. The number of guanidine groups is 1. The van der Waals surface area contributed by atoms with Gasteiger partial charge in [0.05, 0.1) is 6.54 Å². The van der Waals surface area contributed by atoms with E-state index < -0.39 is 0 Å². The van der Waals surface area contributed by atoms with E-state index in [1.807, 2.05) is 0 Å². The summed E-state index contributed by atoms with van der Waals surface area (Å²) in [6.45, 7) is 9.24. The molecule has 1 N–H and O–H groups in total. The van der Waals surface area contributed by atoms with Crippen LogP contribution in [0.1, 0.15) is 19.3 Å². The highest BCUT2D eigenvalue weighted by atomic mass is 127. The molecule has 6 heteroatoms. The van der Waals surface area contributed by atoms with Crippen molar-refractivity contribution in [2.75, 3.05) is 57.7 Å². The van der Waals surface area contributed by atoms with Crippen LogP contribution in [-0.2, 0) is 0 Å². The summed E-state index contributed by atoms with van der Waals surface area (Å²) < 4.78 is 0. The van der Waals surface area contributed by atoms with Gasteiger partial charge in [-0.15, -0.1) is 24.0 Å². The molecule has 1 aromatic rings. The van der Waals surface area contributed by atoms with Crippen molar-refractivity contribution in [2.45, 2.75) is 25.3 Å². The van der Waals surface area contributed by atoms with Gasteiger partial charge in [-0.1, -0.05) is 18.2 Å². The first-order valence-electron chi connectivity index (χ1n) is 9.46. The van der Waals surface area contributed by atoms with Gasteiger partial charge in [-0.05, 0) is 31.4 Å². The summed E-state index contributed by atoms with van der Waals surface area (Å²) in [5.41, 5.74) is 1.14. The van der Waals surface area contributed by atoms with E-state index in [4.69, 9.17) is 4.99 Å². The summed E-state index contributed by atoms with van der Waals surface area (Å²) in [7, 11) is 0. The van der Waals surface area contributed by atoms with E-state index in [1.165, 1.54) is 52.0 Å². The Labute approximate surface area is 168 Å². The summed E-state index contributed by atoms with van der Waals surface area (Å²) in [6, 6.07) is 11.0. The standard InChI is InChI=1S/C19H29N5.HI/c1-3-7-17(8-4-1)21-19(24-9-5-2-6-10-24)20-15-18-16-22-11-13-23(18)14-12-22;/h1,3-4,7-8,18H,2,5-6,9-16H2,(H,20,21);1H. The maximum absolute atomic E-state index is 5.05. The lowest BCUT2D eigenvalue weighted by molar-refractivity contribution is 0.0173. The van der Waals surface area contributed by atoms with Crippen LogP contribution in [0.15, 0.2) is 35.3 Å². The normalized spacial score (nSPS) is 29.2. The molecular weight excluding hydrogens is 425 g/mol. The molecule has 0 aromatic heterocycles. The molecule has 0 radical (unpaired) electrons. The number of hydrogen-bond acceptors (Lipinski definition) is 3. The summed E-state index contributed by atoms with van der Waals surface area (Å²) in [4.78, 5) is 12.7. The average molecular weight is 455 g/mol. The number of fused-ring (bicyclic) bond motifs is 3. The number of hydrogen-bond donors (Lipinski definition) is 1. The zero-order chi connectivity index (χ0) is 16.2. The van der Waals surface area contributed by atoms with Gasteiger partial charge in [0.1, 0.15) is 0 Å². The zero-order valence-electron chi connectivity index (χ0n) is 14.9. The van der Waals surface area contributed by atoms with Crippen LogP contribution in [0.25, 0.3) is 0 Å². The highest BCUT2D eigenvalue weighted by molar-refractivity contribution is 14.0. The quantitative estimate of drug-likeness (QED) is 0.432. The van der Waals surface area contributed by atoms with Crippen LogP contribution in [0, 0.1) is 0 Å². The minimum absolute atomic E-state index is 0. The van der Waals surface area contributed by atoms with Gasteiger partial charge in [0.15, 0.2) is 5.96 Å². The molecule has 1 aromatic carbocycles. The highest BCUT2D eigenvalue weighted by Crippen LogP contribution is 2.17. The van der Waals surface area contributed by atoms with Crippen molar-refractivity contribution >= 4 is 35.6 Å².